The molecule has 1 aromatic heterocycles. The van der Waals surface area contributed by atoms with Gasteiger partial charge in [-0.1, -0.05) is 32.9 Å². The third-order valence-electron chi connectivity index (χ3n) is 6.54. The van der Waals surface area contributed by atoms with E-state index < -0.39 is 0 Å². The zero-order valence-corrected chi connectivity index (χ0v) is 21.1. The molecule has 0 aliphatic rings. The van der Waals surface area contributed by atoms with Gasteiger partial charge in [0, 0.05) is 30.1 Å². The van der Waals surface area contributed by atoms with Gasteiger partial charge in [0.2, 0.25) is 0 Å². The standard InChI is InChI=1S/C30H31FN2O3/c1-5-14-33-29(34)21-9-7-8-20(15-21)24-16-25-26(17-23(24)18(3)6-2)36-28(27(25)30(35)32-4)19-10-12-22(31)13-11-19/h7-13,15-18H,5-6,14H2,1-4H3,(H,32,35)(H,33,34). The number of amides is 2. The first-order valence-corrected chi connectivity index (χ1v) is 12.3. The Bertz CT molecular complexity index is 1410. The van der Waals surface area contributed by atoms with Crippen LogP contribution in [0, 0.1) is 5.82 Å². The van der Waals surface area contributed by atoms with Crippen LogP contribution in [0.2, 0.25) is 0 Å². The lowest BCUT2D eigenvalue weighted by molar-refractivity contribution is 0.0949. The van der Waals surface area contributed by atoms with Crippen molar-refractivity contribution in [2.75, 3.05) is 13.6 Å². The molecule has 186 valence electrons. The van der Waals surface area contributed by atoms with Gasteiger partial charge in [-0.2, -0.15) is 0 Å². The van der Waals surface area contributed by atoms with Gasteiger partial charge in [-0.05, 0) is 84.0 Å². The number of halogens is 1. The van der Waals surface area contributed by atoms with E-state index in [0.29, 0.717) is 40.0 Å². The zero-order chi connectivity index (χ0) is 25.8. The fourth-order valence-electron chi connectivity index (χ4n) is 4.36. The summed E-state index contributed by atoms with van der Waals surface area (Å²) in [5.41, 5.74) is 5.09. The molecule has 1 unspecified atom stereocenters. The first-order valence-electron chi connectivity index (χ1n) is 12.3. The predicted molar refractivity (Wildman–Crippen MR) is 142 cm³/mol. The maximum absolute atomic E-state index is 13.6. The van der Waals surface area contributed by atoms with E-state index in [9.17, 15) is 14.0 Å². The number of furan rings is 1. The molecule has 0 aliphatic heterocycles. The second kappa shape index (κ2) is 10.8. The molecule has 1 atom stereocenters. The molecule has 36 heavy (non-hydrogen) atoms. The van der Waals surface area contributed by atoms with Crippen LogP contribution in [-0.4, -0.2) is 25.4 Å². The number of fused-ring (bicyclic) bond motifs is 1. The molecule has 0 fully saturated rings. The lowest BCUT2D eigenvalue weighted by atomic mass is 9.88. The number of nitrogens with one attached hydrogen (secondary N) is 2. The maximum Gasteiger partial charge on any atom is 0.255 e. The highest BCUT2D eigenvalue weighted by molar-refractivity contribution is 6.12. The van der Waals surface area contributed by atoms with Crippen molar-refractivity contribution in [3.8, 4) is 22.5 Å². The van der Waals surface area contributed by atoms with Crippen molar-refractivity contribution in [2.45, 2.75) is 39.5 Å². The first-order chi connectivity index (χ1) is 17.4. The minimum Gasteiger partial charge on any atom is -0.455 e. The summed E-state index contributed by atoms with van der Waals surface area (Å²) in [6.07, 6.45) is 1.77. The number of carbonyl (C=O) groups excluding carboxylic acids is 2. The van der Waals surface area contributed by atoms with Gasteiger partial charge in [-0.3, -0.25) is 9.59 Å². The molecule has 6 heteroatoms. The molecule has 0 bridgehead atoms. The fraction of sp³-hybridized carbons (Fsp3) is 0.267. The van der Waals surface area contributed by atoms with E-state index in [1.54, 1.807) is 25.2 Å². The van der Waals surface area contributed by atoms with Gasteiger partial charge in [0.05, 0.1) is 5.56 Å². The lowest BCUT2D eigenvalue weighted by Crippen LogP contribution is -2.23. The van der Waals surface area contributed by atoms with Crippen LogP contribution >= 0.6 is 0 Å². The Morgan fingerprint density at radius 3 is 2.39 bits per heavy atom. The highest BCUT2D eigenvalue weighted by Crippen LogP contribution is 2.40. The van der Waals surface area contributed by atoms with Crippen molar-refractivity contribution >= 4 is 22.8 Å². The monoisotopic (exact) mass is 486 g/mol. The summed E-state index contributed by atoms with van der Waals surface area (Å²) in [7, 11) is 1.57. The maximum atomic E-state index is 13.6. The number of hydrogen-bond acceptors (Lipinski definition) is 3. The topological polar surface area (TPSA) is 71.3 Å². The Balaban J connectivity index is 1.95. The highest BCUT2D eigenvalue weighted by atomic mass is 19.1. The number of benzene rings is 3. The van der Waals surface area contributed by atoms with Crippen molar-refractivity contribution < 1.29 is 18.4 Å². The quantitative estimate of drug-likeness (QED) is 0.284. The molecule has 4 rings (SSSR count). The van der Waals surface area contributed by atoms with Crippen molar-refractivity contribution in [1.82, 2.24) is 10.6 Å². The van der Waals surface area contributed by atoms with E-state index in [1.807, 2.05) is 37.3 Å². The van der Waals surface area contributed by atoms with Gasteiger partial charge in [0.15, 0.2) is 0 Å². The Labute approximate surface area is 210 Å². The van der Waals surface area contributed by atoms with Crippen LogP contribution in [0.4, 0.5) is 4.39 Å². The van der Waals surface area contributed by atoms with Crippen molar-refractivity contribution in [1.29, 1.82) is 0 Å². The molecule has 0 radical (unpaired) electrons. The molecule has 5 nitrogen and oxygen atoms in total. The minimum absolute atomic E-state index is 0.113. The Morgan fingerprint density at radius 2 is 1.72 bits per heavy atom. The largest absolute Gasteiger partial charge is 0.455 e. The second-order valence-electron chi connectivity index (χ2n) is 8.97. The molecule has 4 aromatic rings. The molecule has 2 N–H and O–H groups in total. The third kappa shape index (κ3) is 4.89. The van der Waals surface area contributed by atoms with Gasteiger partial charge in [-0.25, -0.2) is 4.39 Å². The summed E-state index contributed by atoms with van der Waals surface area (Å²) in [5, 5.41) is 6.30. The van der Waals surface area contributed by atoms with E-state index in [4.69, 9.17) is 4.42 Å². The summed E-state index contributed by atoms with van der Waals surface area (Å²) in [5.74, 6) is -0.157. The second-order valence-corrected chi connectivity index (χ2v) is 8.97. The fourth-order valence-corrected chi connectivity index (χ4v) is 4.36. The number of rotatable bonds is 8. The summed E-state index contributed by atoms with van der Waals surface area (Å²) in [6.45, 7) is 6.89. The van der Waals surface area contributed by atoms with Crippen LogP contribution in [0.3, 0.4) is 0 Å². The Hall–Kier alpha value is -3.93. The molecule has 0 spiro atoms. The smallest absolute Gasteiger partial charge is 0.255 e. The molecule has 0 aliphatic carbocycles. The van der Waals surface area contributed by atoms with Crippen molar-refractivity contribution in [3.63, 3.8) is 0 Å². The van der Waals surface area contributed by atoms with Gasteiger partial charge >= 0.3 is 0 Å². The Kier molecular flexibility index (Phi) is 7.53. The zero-order valence-electron chi connectivity index (χ0n) is 21.1. The average molecular weight is 487 g/mol. The normalized spacial score (nSPS) is 11.9. The van der Waals surface area contributed by atoms with Crippen LogP contribution in [-0.2, 0) is 0 Å². The number of hydrogen-bond donors (Lipinski definition) is 2. The van der Waals surface area contributed by atoms with Gasteiger partial charge in [0.25, 0.3) is 11.8 Å². The number of carbonyl (C=O) groups is 2. The van der Waals surface area contributed by atoms with Crippen LogP contribution in [0.5, 0.6) is 0 Å². The van der Waals surface area contributed by atoms with E-state index in [-0.39, 0.29) is 23.5 Å². The van der Waals surface area contributed by atoms with Gasteiger partial charge < -0.3 is 15.1 Å². The highest BCUT2D eigenvalue weighted by Gasteiger charge is 2.24. The van der Waals surface area contributed by atoms with Crippen LogP contribution in [0.25, 0.3) is 33.4 Å². The molecule has 3 aromatic carbocycles. The molecular weight excluding hydrogens is 455 g/mol. The predicted octanol–water partition coefficient (Wildman–Crippen LogP) is 6.92. The van der Waals surface area contributed by atoms with Crippen LogP contribution in [0.15, 0.2) is 65.1 Å². The van der Waals surface area contributed by atoms with Crippen LogP contribution < -0.4 is 10.6 Å². The molecular formula is C30H31FN2O3. The summed E-state index contributed by atoms with van der Waals surface area (Å²) in [6, 6.07) is 17.4. The van der Waals surface area contributed by atoms with E-state index in [0.717, 1.165) is 29.5 Å². The SMILES string of the molecule is CCCNC(=O)c1cccc(-c2cc3c(C(=O)NC)c(-c4ccc(F)cc4)oc3cc2C(C)CC)c1. The first kappa shape index (κ1) is 25.2. The molecule has 0 saturated heterocycles. The van der Waals surface area contributed by atoms with E-state index in [1.165, 1.54) is 12.1 Å². The van der Waals surface area contributed by atoms with Gasteiger partial charge in [-0.15, -0.1) is 0 Å². The van der Waals surface area contributed by atoms with E-state index in [2.05, 4.69) is 24.5 Å². The average Bonchev–Trinajstić information content (AvgIpc) is 3.29. The lowest BCUT2D eigenvalue weighted by Gasteiger charge is -2.16. The van der Waals surface area contributed by atoms with Crippen LogP contribution in [0.1, 0.15) is 65.8 Å². The molecule has 1 heterocycles. The minimum atomic E-state index is -0.361. The molecule has 0 saturated carbocycles. The van der Waals surface area contributed by atoms with Gasteiger partial charge in [0.1, 0.15) is 17.2 Å². The summed E-state index contributed by atoms with van der Waals surface area (Å²) < 4.78 is 19.8. The third-order valence-corrected chi connectivity index (χ3v) is 6.54. The van der Waals surface area contributed by atoms with Crippen molar-refractivity contribution in [3.05, 3.63) is 83.2 Å². The molecule has 2 amide bonds. The van der Waals surface area contributed by atoms with Crippen molar-refractivity contribution in [2.24, 2.45) is 0 Å². The Morgan fingerprint density at radius 1 is 0.972 bits per heavy atom. The summed E-state index contributed by atoms with van der Waals surface area (Å²) >= 11 is 0. The summed E-state index contributed by atoms with van der Waals surface area (Å²) in [4.78, 5) is 25.7. The van der Waals surface area contributed by atoms with E-state index >= 15 is 0 Å².